The standard InChI is InChI=1S/C18H22N4O2/c19-17-16(18(20)24)9-14(10-21-17)13-3-1-12(2-4-13)11-22-7-5-15(23)6-8-22/h1-4,9-10,15,23H,5-8,11H2,(H2,19,21)(H2,20,24). The van der Waals surface area contributed by atoms with E-state index in [0.29, 0.717) is 0 Å². The predicted molar refractivity (Wildman–Crippen MR) is 93.1 cm³/mol. The smallest absolute Gasteiger partial charge is 0.252 e. The second-order valence-corrected chi connectivity index (χ2v) is 6.23. The normalized spacial score (nSPS) is 16.2. The van der Waals surface area contributed by atoms with Gasteiger partial charge in [-0.25, -0.2) is 4.98 Å². The van der Waals surface area contributed by atoms with E-state index in [0.717, 1.165) is 43.6 Å². The number of aliphatic hydroxyl groups is 1. The minimum absolute atomic E-state index is 0.148. The lowest BCUT2D eigenvalue weighted by molar-refractivity contribution is 0.0792. The van der Waals surface area contributed by atoms with E-state index in [1.165, 1.54) is 5.56 Å². The Morgan fingerprint density at radius 3 is 2.50 bits per heavy atom. The van der Waals surface area contributed by atoms with Crippen LogP contribution in [-0.4, -0.2) is 40.1 Å². The van der Waals surface area contributed by atoms with Gasteiger partial charge in [-0.3, -0.25) is 9.69 Å². The molecule has 1 aromatic heterocycles. The number of carbonyl (C=O) groups is 1. The molecule has 1 aliphatic rings. The molecule has 1 amide bonds. The summed E-state index contributed by atoms with van der Waals surface area (Å²) in [6.45, 7) is 2.72. The van der Waals surface area contributed by atoms with E-state index in [1.54, 1.807) is 12.3 Å². The van der Waals surface area contributed by atoms with Crippen molar-refractivity contribution >= 4 is 11.7 Å². The molecule has 0 unspecified atom stereocenters. The largest absolute Gasteiger partial charge is 0.393 e. The number of benzene rings is 1. The molecule has 3 rings (SSSR count). The number of nitrogens with two attached hydrogens (primary N) is 2. The number of hydrogen-bond acceptors (Lipinski definition) is 5. The van der Waals surface area contributed by atoms with Gasteiger partial charge in [-0.1, -0.05) is 24.3 Å². The number of pyridine rings is 1. The molecule has 0 bridgehead atoms. The zero-order chi connectivity index (χ0) is 17.1. The van der Waals surface area contributed by atoms with Crippen molar-refractivity contribution in [3.63, 3.8) is 0 Å². The van der Waals surface area contributed by atoms with E-state index in [-0.39, 0.29) is 17.5 Å². The molecule has 2 heterocycles. The molecule has 126 valence electrons. The maximum absolute atomic E-state index is 11.4. The second-order valence-electron chi connectivity index (χ2n) is 6.23. The van der Waals surface area contributed by atoms with Crippen LogP contribution in [0.3, 0.4) is 0 Å². The summed E-state index contributed by atoms with van der Waals surface area (Å²) in [6.07, 6.45) is 3.17. The van der Waals surface area contributed by atoms with E-state index in [1.807, 2.05) is 12.1 Å². The summed E-state index contributed by atoms with van der Waals surface area (Å²) in [7, 11) is 0. The van der Waals surface area contributed by atoms with Crippen molar-refractivity contribution in [1.82, 2.24) is 9.88 Å². The molecule has 1 fully saturated rings. The molecule has 5 N–H and O–H groups in total. The fourth-order valence-electron chi connectivity index (χ4n) is 2.97. The molecule has 0 radical (unpaired) electrons. The van der Waals surface area contributed by atoms with Crippen molar-refractivity contribution < 1.29 is 9.90 Å². The summed E-state index contributed by atoms with van der Waals surface area (Å²) in [5.41, 5.74) is 14.2. The van der Waals surface area contributed by atoms with Gasteiger partial charge in [0, 0.05) is 31.4 Å². The van der Waals surface area contributed by atoms with Gasteiger partial charge < -0.3 is 16.6 Å². The minimum atomic E-state index is -0.578. The molecule has 0 spiro atoms. The van der Waals surface area contributed by atoms with Gasteiger partial charge in [0.2, 0.25) is 0 Å². The molecule has 0 saturated carbocycles. The van der Waals surface area contributed by atoms with Gasteiger partial charge in [0.05, 0.1) is 11.7 Å². The van der Waals surface area contributed by atoms with Gasteiger partial charge in [0.1, 0.15) is 5.82 Å². The van der Waals surface area contributed by atoms with Gasteiger partial charge in [-0.2, -0.15) is 0 Å². The molecule has 1 aliphatic heterocycles. The van der Waals surface area contributed by atoms with Crippen molar-refractivity contribution in [3.8, 4) is 11.1 Å². The number of amides is 1. The first-order valence-corrected chi connectivity index (χ1v) is 8.08. The molecule has 6 nitrogen and oxygen atoms in total. The molecular weight excluding hydrogens is 304 g/mol. The Labute approximate surface area is 141 Å². The number of hydrogen-bond donors (Lipinski definition) is 3. The Kier molecular flexibility index (Phi) is 4.78. The number of carbonyl (C=O) groups excluding carboxylic acids is 1. The van der Waals surface area contributed by atoms with Crippen LogP contribution in [0.25, 0.3) is 11.1 Å². The summed E-state index contributed by atoms with van der Waals surface area (Å²) in [4.78, 5) is 17.8. The van der Waals surface area contributed by atoms with Gasteiger partial charge in [0.25, 0.3) is 5.91 Å². The Morgan fingerprint density at radius 1 is 1.21 bits per heavy atom. The fourth-order valence-corrected chi connectivity index (χ4v) is 2.97. The van der Waals surface area contributed by atoms with Gasteiger partial charge in [-0.15, -0.1) is 0 Å². The summed E-state index contributed by atoms with van der Waals surface area (Å²) in [5, 5.41) is 9.56. The first-order valence-electron chi connectivity index (χ1n) is 8.08. The number of likely N-dealkylation sites (tertiary alicyclic amines) is 1. The maximum Gasteiger partial charge on any atom is 0.252 e. The molecular formula is C18H22N4O2. The first kappa shape index (κ1) is 16.4. The van der Waals surface area contributed by atoms with Crippen LogP contribution in [0.2, 0.25) is 0 Å². The Balaban J connectivity index is 1.72. The third-order valence-corrected chi connectivity index (χ3v) is 4.43. The molecule has 6 heteroatoms. The summed E-state index contributed by atoms with van der Waals surface area (Å²) < 4.78 is 0. The predicted octanol–water partition coefficient (Wildman–Crippen LogP) is 1.39. The van der Waals surface area contributed by atoms with Crippen molar-refractivity contribution in [2.45, 2.75) is 25.5 Å². The average molecular weight is 326 g/mol. The van der Waals surface area contributed by atoms with Crippen LogP contribution in [0.4, 0.5) is 5.82 Å². The van der Waals surface area contributed by atoms with E-state index in [2.05, 4.69) is 22.0 Å². The van der Waals surface area contributed by atoms with Gasteiger partial charge in [-0.05, 0) is 30.0 Å². The minimum Gasteiger partial charge on any atom is -0.393 e. The quantitative estimate of drug-likeness (QED) is 0.787. The lowest BCUT2D eigenvalue weighted by Gasteiger charge is -2.29. The van der Waals surface area contributed by atoms with Crippen LogP contribution in [-0.2, 0) is 6.54 Å². The summed E-state index contributed by atoms with van der Waals surface area (Å²) in [6, 6.07) is 9.82. The van der Waals surface area contributed by atoms with E-state index < -0.39 is 5.91 Å². The zero-order valence-electron chi connectivity index (χ0n) is 13.5. The van der Waals surface area contributed by atoms with Gasteiger partial charge >= 0.3 is 0 Å². The van der Waals surface area contributed by atoms with Crippen molar-refractivity contribution in [3.05, 3.63) is 47.7 Å². The lowest BCUT2D eigenvalue weighted by atomic mass is 10.0. The Hall–Kier alpha value is -2.44. The zero-order valence-corrected chi connectivity index (χ0v) is 13.5. The SMILES string of the molecule is NC(=O)c1cc(-c2ccc(CN3CCC(O)CC3)cc2)cnc1N. The fraction of sp³-hybridized carbons (Fsp3) is 0.333. The molecule has 2 aromatic rings. The van der Waals surface area contributed by atoms with E-state index in [9.17, 15) is 9.90 Å². The number of anilines is 1. The molecule has 1 saturated heterocycles. The van der Waals surface area contributed by atoms with Crippen molar-refractivity contribution in [1.29, 1.82) is 0 Å². The highest BCUT2D eigenvalue weighted by molar-refractivity contribution is 5.98. The van der Waals surface area contributed by atoms with Crippen LogP contribution in [0.5, 0.6) is 0 Å². The lowest BCUT2D eigenvalue weighted by Crippen LogP contribution is -2.35. The van der Waals surface area contributed by atoms with E-state index >= 15 is 0 Å². The Bertz CT molecular complexity index is 722. The molecule has 24 heavy (non-hydrogen) atoms. The highest BCUT2D eigenvalue weighted by Crippen LogP contribution is 2.23. The van der Waals surface area contributed by atoms with Gasteiger partial charge in [0.15, 0.2) is 0 Å². The van der Waals surface area contributed by atoms with Crippen LogP contribution in [0.15, 0.2) is 36.5 Å². The monoisotopic (exact) mass is 326 g/mol. The number of piperidine rings is 1. The number of primary amides is 1. The highest BCUT2D eigenvalue weighted by atomic mass is 16.3. The number of aromatic nitrogens is 1. The topological polar surface area (TPSA) is 105 Å². The maximum atomic E-state index is 11.4. The van der Waals surface area contributed by atoms with Crippen molar-refractivity contribution in [2.24, 2.45) is 5.73 Å². The van der Waals surface area contributed by atoms with Crippen LogP contribution in [0, 0.1) is 0 Å². The first-order chi connectivity index (χ1) is 11.5. The summed E-state index contributed by atoms with van der Waals surface area (Å²) in [5.74, 6) is -0.430. The van der Waals surface area contributed by atoms with Crippen LogP contribution < -0.4 is 11.5 Å². The molecule has 0 aliphatic carbocycles. The van der Waals surface area contributed by atoms with Crippen LogP contribution >= 0.6 is 0 Å². The highest BCUT2D eigenvalue weighted by Gasteiger charge is 2.17. The second kappa shape index (κ2) is 6.98. The van der Waals surface area contributed by atoms with Crippen LogP contribution in [0.1, 0.15) is 28.8 Å². The van der Waals surface area contributed by atoms with Crippen molar-refractivity contribution in [2.75, 3.05) is 18.8 Å². The third kappa shape index (κ3) is 3.72. The molecule has 0 atom stereocenters. The van der Waals surface area contributed by atoms with E-state index in [4.69, 9.17) is 11.5 Å². The number of nitrogens with zero attached hydrogens (tertiary/aromatic N) is 2. The summed E-state index contributed by atoms with van der Waals surface area (Å²) >= 11 is 0. The number of rotatable bonds is 4. The Morgan fingerprint density at radius 2 is 1.88 bits per heavy atom. The number of nitrogen functional groups attached to an aromatic ring is 1. The number of aliphatic hydroxyl groups excluding tert-OH is 1. The average Bonchev–Trinajstić information content (AvgIpc) is 2.58. The third-order valence-electron chi connectivity index (χ3n) is 4.43. The molecule has 1 aromatic carbocycles.